The predicted molar refractivity (Wildman–Crippen MR) is 105 cm³/mol. The normalized spacial score (nSPS) is 21.0. The Labute approximate surface area is 165 Å². The predicted octanol–water partition coefficient (Wildman–Crippen LogP) is 2.85. The average Bonchev–Trinajstić information content (AvgIpc) is 3.42. The molecule has 2 atom stereocenters. The van der Waals surface area contributed by atoms with Crippen LogP contribution in [-0.4, -0.2) is 17.4 Å². The Morgan fingerprint density at radius 2 is 1.75 bits per heavy atom. The number of rotatable bonds is 7. The van der Waals surface area contributed by atoms with Crippen LogP contribution in [-0.2, 0) is 26.4 Å². The molecule has 0 unspecified atom stereocenters. The van der Waals surface area contributed by atoms with E-state index < -0.39 is 22.8 Å². The lowest BCUT2D eigenvalue weighted by Crippen LogP contribution is -2.38. The van der Waals surface area contributed by atoms with Crippen molar-refractivity contribution in [3.8, 4) is 5.75 Å². The van der Waals surface area contributed by atoms with Gasteiger partial charge in [0.2, 0.25) is 11.8 Å². The molecule has 2 aromatic rings. The fourth-order valence-electron chi connectivity index (χ4n) is 3.18. The van der Waals surface area contributed by atoms with Gasteiger partial charge in [0.05, 0.1) is 16.9 Å². The fourth-order valence-corrected chi connectivity index (χ4v) is 3.18. The Bertz CT molecular complexity index is 843. The van der Waals surface area contributed by atoms with E-state index in [4.69, 9.17) is 15.3 Å². The maximum absolute atomic E-state index is 12.4. The van der Waals surface area contributed by atoms with Gasteiger partial charge in [-0.25, -0.2) is 5.48 Å². The molecule has 28 heavy (non-hydrogen) atoms. The van der Waals surface area contributed by atoms with Gasteiger partial charge in [0.25, 0.3) is 0 Å². The second-order valence-corrected chi connectivity index (χ2v) is 8.07. The number of primary amides is 1. The minimum absolute atomic E-state index is 0.335. The maximum Gasteiger partial charge on any atom is 0.248 e. The number of hydrogen-bond donors (Lipinski definition) is 2. The lowest BCUT2D eigenvalue weighted by Gasteiger charge is -2.20. The summed E-state index contributed by atoms with van der Waals surface area (Å²) in [5.41, 5.74) is 8.36. The van der Waals surface area contributed by atoms with Crippen molar-refractivity contribution in [3.63, 3.8) is 0 Å². The van der Waals surface area contributed by atoms with Gasteiger partial charge in [0.15, 0.2) is 0 Å². The van der Waals surface area contributed by atoms with Crippen LogP contribution in [0.4, 0.5) is 0 Å². The van der Waals surface area contributed by atoms with Crippen LogP contribution in [0.15, 0.2) is 54.6 Å². The highest BCUT2D eigenvalue weighted by molar-refractivity contribution is 5.99. The van der Waals surface area contributed by atoms with Crippen LogP contribution in [0.2, 0.25) is 0 Å². The number of nitrogens with two attached hydrogens (primary N) is 1. The highest BCUT2D eigenvalue weighted by atomic mass is 16.7. The second-order valence-electron chi connectivity index (χ2n) is 8.07. The van der Waals surface area contributed by atoms with Crippen molar-refractivity contribution in [2.75, 3.05) is 0 Å². The Balaban J connectivity index is 1.67. The van der Waals surface area contributed by atoms with E-state index in [2.05, 4.69) is 5.48 Å². The number of nitrogens with one attached hydrogen (secondary N) is 1. The number of carbonyl (C=O) groups is 2. The standard InChI is InChI=1S/C22H26N2O4/c1-21(2,3)28-24-19(25)18-13-22(18,20(23)26)16-9-11-17(12-10-16)27-14-15-7-5-4-6-8-15/h4-12,18H,13-14H2,1-3H3,(H2,23,26)(H,24,25)/t18-,22-/m1/s1. The first kappa shape index (κ1) is 19.9. The second kappa shape index (κ2) is 7.64. The van der Waals surface area contributed by atoms with E-state index in [9.17, 15) is 9.59 Å². The van der Waals surface area contributed by atoms with Gasteiger partial charge in [0, 0.05) is 0 Å². The Hall–Kier alpha value is -2.86. The number of hydroxylamine groups is 1. The minimum Gasteiger partial charge on any atom is -0.489 e. The van der Waals surface area contributed by atoms with Gasteiger partial charge in [0.1, 0.15) is 12.4 Å². The zero-order valence-electron chi connectivity index (χ0n) is 16.4. The van der Waals surface area contributed by atoms with E-state index >= 15 is 0 Å². The Morgan fingerprint density at radius 3 is 2.32 bits per heavy atom. The SMILES string of the molecule is CC(C)(C)ONC(=O)[C@H]1C[C@@]1(C(N)=O)c1ccc(OCc2ccccc2)cc1. The number of amides is 2. The molecule has 0 aliphatic heterocycles. The van der Waals surface area contributed by atoms with Gasteiger partial charge in [-0.15, -0.1) is 0 Å². The number of benzene rings is 2. The molecule has 0 spiro atoms. The molecular formula is C22H26N2O4. The first-order chi connectivity index (χ1) is 13.2. The third-order valence-electron chi connectivity index (χ3n) is 4.79. The number of hydrogen-bond acceptors (Lipinski definition) is 4. The van der Waals surface area contributed by atoms with Crippen molar-refractivity contribution >= 4 is 11.8 Å². The molecule has 0 bridgehead atoms. The summed E-state index contributed by atoms with van der Waals surface area (Å²) in [5.74, 6) is -0.701. The van der Waals surface area contributed by atoms with Crippen molar-refractivity contribution < 1.29 is 19.2 Å². The van der Waals surface area contributed by atoms with Crippen LogP contribution in [0.25, 0.3) is 0 Å². The lowest BCUT2D eigenvalue weighted by molar-refractivity contribution is -0.148. The molecule has 2 amide bonds. The summed E-state index contributed by atoms with van der Waals surface area (Å²) < 4.78 is 5.78. The molecule has 3 rings (SSSR count). The minimum atomic E-state index is -0.997. The molecule has 6 heteroatoms. The summed E-state index contributed by atoms with van der Waals surface area (Å²) in [6.45, 7) is 5.94. The van der Waals surface area contributed by atoms with E-state index in [0.717, 1.165) is 5.56 Å². The zero-order chi connectivity index (χ0) is 20.4. The largest absolute Gasteiger partial charge is 0.489 e. The quantitative estimate of drug-likeness (QED) is 0.721. The van der Waals surface area contributed by atoms with Gasteiger partial charge < -0.3 is 10.5 Å². The molecule has 1 fully saturated rings. The topological polar surface area (TPSA) is 90.6 Å². The van der Waals surface area contributed by atoms with Crippen LogP contribution in [0.5, 0.6) is 5.75 Å². The summed E-state index contributed by atoms with van der Waals surface area (Å²) in [6, 6.07) is 17.0. The maximum atomic E-state index is 12.4. The highest BCUT2D eigenvalue weighted by Gasteiger charge is 2.64. The molecule has 0 heterocycles. The molecule has 6 nitrogen and oxygen atoms in total. The summed E-state index contributed by atoms with van der Waals surface area (Å²) in [5, 5.41) is 0. The zero-order valence-corrected chi connectivity index (χ0v) is 16.4. The average molecular weight is 382 g/mol. The highest BCUT2D eigenvalue weighted by Crippen LogP contribution is 2.54. The first-order valence-electron chi connectivity index (χ1n) is 9.27. The van der Waals surface area contributed by atoms with Gasteiger partial charge in [-0.2, -0.15) is 0 Å². The molecule has 0 saturated heterocycles. The van der Waals surface area contributed by atoms with Crippen LogP contribution >= 0.6 is 0 Å². The van der Waals surface area contributed by atoms with Crippen LogP contribution in [0, 0.1) is 5.92 Å². The Morgan fingerprint density at radius 1 is 1.11 bits per heavy atom. The van der Waals surface area contributed by atoms with Crippen molar-refractivity contribution in [3.05, 3.63) is 65.7 Å². The van der Waals surface area contributed by atoms with Gasteiger partial charge in [-0.05, 0) is 50.5 Å². The lowest BCUT2D eigenvalue weighted by atomic mass is 9.92. The van der Waals surface area contributed by atoms with E-state index in [1.807, 2.05) is 51.1 Å². The molecule has 1 saturated carbocycles. The summed E-state index contributed by atoms with van der Waals surface area (Å²) >= 11 is 0. The van der Waals surface area contributed by atoms with E-state index in [1.54, 1.807) is 24.3 Å². The number of carbonyl (C=O) groups excluding carboxylic acids is 2. The molecule has 0 radical (unpaired) electrons. The molecule has 1 aliphatic carbocycles. The van der Waals surface area contributed by atoms with Crippen molar-refractivity contribution in [1.29, 1.82) is 0 Å². The number of ether oxygens (including phenoxy) is 1. The molecule has 3 N–H and O–H groups in total. The van der Waals surface area contributed by atoms with E-state index in [1.165, 1.54) is 0 Å². The van der Waals surface area contributed by atoms with Crippen LogP contribution in [0.3, 0.4) is 0 Å². The Kier molecular flexibility index (Phi) is 5.42. The third-order valence-corrected chi connectivity index (χ3v) is 4.79. The molecule has 2 aromatic carbocycles. The summed E-state index contributed by atoms with van der Waals surface area (Å²) in [6.07, 6.45) is 0.367. The smallest absolute Gasteiger partial charge is 0.248 e. The van der Waals surface area contributed by atoms with Crippen molar-refractivity contribution in [1.82, 2.24) is 5.48 Å². The molecule has 1 aliphatic rings. The van der Waals surface area contributed by atoms with Crippen molar-refractivity contribution in [2.45, 2.75) is 44.8 Å². The van der Waals surface area contributed by atoms with Crippen LogP contribution in [0.1, 0.15) is 38.3 Å². The fraction of sp³-hybridized carbons (Fsp3) is 0.364. The van der Waals surface area contributed by atoms with Crippen molar-refractivity contribution in [2.24, 2.45) is 11.7 Å². The summed E-state index contributed by atoms with van der Waals surface area (Å²) in [4.78, 5) is 29.9. The third kappa shape index (κ3) is 4.34. The van der Waals surface area contributed by atoms with Gasteiger partial charge in [-0.1, -0.05) is 42.5 Å². The van der Waals surface area contributed by atoms with Crippen LogP contribution < -0.4 is 16.0 Å². The van der Waals surface area contributed by atoms with E-state index in [0.29, 0.717) is 24.3 Å². The molecular weight excluding hydrogens is 356 g/mol. The van der Waals surface area contributed by atoms with Gasteiger partial charge in [-0.3, -0.25) is 14.4 Å². The van der Waals surface area contributed by atoms with E-state index in [-0.39, 0.29) is 5.91 Å². The first-order valence-corrected chi connectivity index (χ1v) is 9.27. The summed E-state index contributed by atoms with van der Waals surface area (Å²) in [7, 11) is 0. The van der Waals surface area contributed by atoms with Gasteiger partial charge >= 0.3 is 0 Å². The molecule has 148 valence electrons. The monoisotopic (exact) mass is 382 g/mol. The molecule has 0 aromatic heterocycles.